The van der Waals surface area contributed by atoms with Gasteiger partial charge in [0, 0.05) is 4.92 Å². The number of aliphatic carboxylic acids is 1. The average molecular weight is 364 g/mol. The Bertz CT molecular complexity index is 684. The Labute approximate surface area is 151 Å². The van der Waals surface area contributed by atoms with E-state index in [0.717, 1.165) is 32.1 Å². The Morgan fingerprint density at radius 1 is 1.04 bits per heavy atom. The number of aryl methyl sites for hydroxylation is 1. The van der Waals surface area contributed by atoms with E-state index in [-0.39, 0.29) is 5.56 Å². The Morgan fingerprint density at radius 2 is 1.65 bits per heavy atom. The maximum atomic E-state index is 11.6. The van der Waals surface area contributed by atoms with Crippen molar-refractivity contribution in [1.82, 2.24) is 0 Å². The lowest BCUT2D eigenvalue weighted by molar-refractivity contribution is -0.518. The molecule has 8 nitrogen and oxygen atoms in total. The van der Waals surface area contributed by atoms with Gasteiger partial charge in [-0.15, -0.1) is 0 Å². The second-order valence-electron chi connectivity index (χ2n) is 6.05. The van der Waals surface area contributed by atoms with Crippen LogP contribution >= 0.6 is 0 Å². The molecule has 0 spiro atoms. The van der Waals surface area contributed by atoms with Crippen LogP contribution in [0.15, 0.2) is 30.0 Å². The highest BCUT2D eigenvalue weighted by molar-refractivity contribution is 6.16. The van der Waals surface area contributed by atoms with Crippen LogP contribution in [0.25, 0.3) is 5.57 Å². The topological polar surface area (TPSA) is 124 Å². The van der Waals surface area contributed by atoms with E-state index in [1.54, 1.807) is 18.2 Å². The molecule has 0 aliphatic heterocycles. The predicted molar refractivity (Wildman–Crippen MR) is 96.9 cm³/mol. The first-order chi connectivity index (χ1) is 12.4. The predicted octanol–water partition coefficient (Wildman–Crippen LogP) is 3.94. The highest BCUT2D eigenvalue weighted by Gasteiger charge is 2.31. The molecule has 0 aliphatic rings. The SMILES string of the molecule is CCCCCCCCc1ccccc1/C(C(=O)O)=C(\C[N+](=O)[O-])[N+](=O)[O-]. The molecule has 0 radical (unpaired) electrons. The Morgan fingerprint density at radius 3 is 2.23 bits per heavy atom. The maximum absolute atomic E-state index is 11.6. The molecule has 26 heavy (non-hydrogen) atoms. The minimum Gasteiger partial charge on any atom is -0.477 e. The van der Waals surface area contributed by atoms with Gasteiger partial charge < -0.3 is 5.11 Å². The van der Waals surface area contributed by atoms with Crippen molar-refractivity contribution >= 4 is 11.5 Å². The summed E-state index contributed by atoms with van der Waals surface area (Å²) in [6, 6.07) is 6.49. The molecule has 1 rings (SSSR count). The van der Waals surface area contributed by atoms with Crippen molar-refractivity contribution in [2.24, 2.45) is 0 Å². The highest BCUT2D eigenvalue weighted by Crippen LogP contribution is 2.25. The van der Waals surface area contributed by atoms with Gasteiger partial charge in [-0.2, -0.15) is 0 Å². The molecule has 1 N–H and O–H groups in total. The lowest BCUT2D eigenvalue weighted by Crippen LogP contribution is -2.18. The number of carboxylic acid groups (broad SMARTS) is 1. The van der Waals surface area contributed by atoms with Crippen LogP contribution in [0.2, 0.25) is 0 Å². The van der Waals surface area contributed by atoms with E-state index in [0.29, 0.717) is 12.0 Å². The number of carbonyl (C=O) groups is 1. The van der Waals surface area contributed by atoms with E-state index >= 15 is 0 Å². The fraction of sp³-hybridized carbons (Fsp3) is 0.500. The third-order valence-electron chi connectivity index (χ3n) is 4.09. The highest BCUT2D eigenvalue weighted by atomic mass is 16.6. The third kappa shape index (κ3) is 6.62. The fourth-order valence-electron chi connectivity index (χ4n) is 2.82. The van der Waals surface area contributed by atoms with Gasteiger partial charge >= 0.3 is 11.7 Å². The van der Waals surface area contributed by atoms with Crippen molar-refractivity contribution in [1.29, 1.82) is 0 Å². The van der Waals surface area contributed by atoms with E-state index in [4.69, 9.17) is 0 Å². The first kappa shape index (κ1) is 21.3. The van der Waals surface area contributed by atoms with Crippen LogP contribution < -0.4 is 0 Å². The molecule has 1 aromatic rings. The number of nitrogens with zero attached hydrogens (tertiary/aromatic N) is 2. The van der Waals surface area contributed by atoms with Gasteiger partial charge in [0.25, 0.3) is 6.54 Å². The van der Waals surface area contributed by atoms with E-state index < -0.39 is 33.6 Å². The standard InChI is InChI=1S/C18H24N2O6/c1-2-3-4-5-6-7-10-14-11-8-9-12-15(14)17(18(21)22)16(20(25)26)13-19(23)24/h8-9,11-12H,2-7,10,13H2,1H3,(H,21,22)/b17-16-. The lowest BCUT2D eigenvalue weighted by atomic mass is 9.94. The van der Waals surface area contributed by atoms with Gasteiger partial charge in [0.15, 0.2) is 0 Å². The molecule has 0 aromatic heterocycles. The van der Waals surface area contributed by atoms with E-state index in [9.17, 15) is 30.1 Å². The quantitative estimate of drug-likeness (QED) is 0.259. The van der Waals surface area contributed by atoms with E-state index in [1.165, 1.54) is 12.5 Å². The van der Waals surface area contributed by atoms with Crippen molar-refractivity contribution in [2.45, 2.75) is 51.9 Å². The van der Waals surface area contributed by atoms with Gasteiger partial charge in [-0.3, -0.25) is 20.2 Å². The lowest BCUT2D eigenvalue weighted by Gasteiger charge is -2.10. The average Bonchev–Trinajstić information content (AvgIpc) is 2.57. The van der Waals surface area contributed by atoms with Crippen molar-refractivity contribution in [3.63, 3.8) is 0 Å². The zero-order valence-corrected chi connectivity index (χ0v) is 14.8. The number of rotatable bonds is 12. The zero-order valence-electron chi connectivity index (χ0n) is 14.8. The van der Waals surface area contributed by atoms with Gasteiger partial charge in [0.1, 0.15) is 5.57 Å². The first-order valence-corrected chi connectivity index (χ1v) is 8.69. The van der Waals surface area contributed by atoms with Crippen LogP contribution in [0.1, 0.15) is 56.6 Å². The second kappa shape index (κ2) is 11.0. The van der Waals surface area contributed by atoms with E-state index in [1.807, 2.05) is 0 Å². The molecule has 8 heteroatoms. The van der Waals surface area contributed by atoms with Crippen LogP contribution in [0.5, 0.6) is 0 Å². The number of hydrogen-bond acceptors (Lipinski definition) is 5. The van der Waals surface area contributed by atoms with Gasteiger partial charge in [-0.05, 0) is 24.0 Å². The smallest absolute Gasteiger partial charge is 0.343 e. The number of unbranched alkanes of at least 4 members (excludes halogenated alkanes) is 5. The minimum absolute atomic E-state index is 0.183. The summed E-state index contributed by atoms with van der Waals surface area (Å²) in [4.78, 5) is 31.7. The second-order valence-corrected chi connectivity index (χ2v) is 6.05. The summed E-state index contributed by atoms with van der Waals surface area (Å²) < 4.78 is 0. The molecule has 0 saturated carbocycles. The van der Waals surface area contributed by atoms with E-state index in [2.05, 4.69) is 6.92 Å². The first-order valence-electron chi connectivity index (χ1n) is 8.69. The minimum atomic E-state index is -1.53. The van der Waals surface area contributed by atoms with Crippen molar-refractivity contribution in [3.8, 4) is 0 Å². The van der Waals surface area contributed by atoms with Crippen molar-refractivity contribution in [3.05, 3.63) is 61.3 Å². The van der Waals surface area contributed by atoms with Crippen LogP contribution in [0.3, 0.4) is 0 Å². The Balaban J connectivity index is 3.11. The summed E-state index contributed by atoms with van der Waals surface area (Å²) in [5.74, 6) is -1.53. The molecule has 0 amide bonds. The summed E-state index contributed by atoms with van der Waals surface area (Å²) in [6.07, 6.45) is 6.94. The molecule has 0 aliphatic carbocycles. The monoisotopic (exact) mass is 364 g/mol. The Hall–Kier alpha value is -2.77. The van der Waals surface area contributed by atoms with Crippen LogP contribution in [-0.2, 0) is 11.2 Å². The molecule has 142 valence electrons. The largest absolute Gasteiger partial charge is 0.477 e. The summed E-state index contributed by atoms with van der Waals surface area (Å²) in [5.41, 5.74) is -0.670. The maximum Gasteiger partial charge on any atom is 0.343 e. The number of benzene rings is 1. The third-order valence-corrected chi connectivity index (χ3v) is 4.09. The number of nitro groups is 2. The molecule has 0 bridgehead atoms. The molecular weight excluding hydrogens is 340 g/mol. The van der Waals surface area contributed by atoms with Gasteiger partial charge in [0.2, 0.25) is 0 Å². The molecule has 1 aromatic carbocycles. The summed E-state index contributed by atoms with van der Waals surface area (Å²) in [7, 11) is 0. The number of carboxylic acids is 1. The van der Waals surface area contributed by atoms with Crippen LogP contribution in [0.4, 0.5) is 0 Å². The zero-order chi connectivity index (χ0) is 19.5. The van der Waals surface area contributed by atoms with Gasteiger partial charge in [-0.25, -0.2) is 4.79 Å². The van der Waals surface area contributed by atoms with Crippen LogP contribution in [-0.4, -0.2) is 27.5 Å². The van der Waals surface area contributed by atoms with Crippen molar-refractivity contribution in [2.75, 3.05) is 6.54 Å². The summed E-state index contributed by atoms with van der Waals surface area (Å²) >= 11 is 0. The molecular formula is C18H24N2O6. The van der Waals surface area contributed by atoms with Crippen molar-refractivity contribution < 1.29 is 19.7 Å². The van der Waals surface area contributed by atoms with Gasteiger partial charge in [0.05, 0.1) is 4.92 Å². The van der Waals surface area contributed by atoms with Crippen LogP contribution in [0, 0.1) is 20.2 Å². The molecule has 0 heterocycles. The fourth-order valence-corrected chi connectivity index (χ4v) is 2.82. The normalized spacial score (nSPS) is 11.7. The molecule has 0 fully saturated rings. The summed E-state index contributed by atoms with van der Waals surface area (Å²) in [5, 5.41) is 31.4. The van der Waals surface area contributed by atoms with Gasteiger partial charge in [-0.1, -0.05) is 63.3 Å². The Kier molecular flexibility index (Phi) is 8.97. The molecule has 0 atom stereocenters. The number of hydrogen-bond donors (Lipinski definition) is 1. The summed E-state index contributed by atoms with van der Waals surface area (Å²) in [6.45, 7) is 0.994. The molecule has 0 unspecified atom stereocenters. The molecule has 0 saturated heterocycles.